The second kappa shape index (κ2) is 4.51. The fourth-order valence-electron chi connectivity index (χ4n) is 2.07. The Kier molecular flexibility index (Phi) is 2.78. The number of nitro benzene ring substituents is 1. The molecule has 3 N–H and O–H groups in total. The van der Waals surface area contributed by atoms with Gasteiger partial charge < -0.3 is 5.73 Å². The van der Waals surface area contributed by atoms with Crippen LogP contribution in [0.15, 0.2) is 24.3 Å². The monoisotopic (exact) mass is 294 g/mol. The van der Waals surface area contributed by atoms with E-state index in [1.165, 1.54) is 24.3 Å². The zero-order valence-electron chi connectivity index (χ0n) is 10.3. The lowest BCUT2D eigenvalue weighted by molar-refractivity contribution is -0.384. The zero-order chi connectivity index (χ0) is 15.1. The second-order valence-corrected chi connectivity index (χ2v) is 4.18. The van der Waals surface area contributed by atoms with Crippen LogP contribution in [0.1, 0.15) is 12.1 Å². The summed E-state index contributed by atoms with van der Waals surface area (Å²) in [6, 6.07) is 5.65. The van der Waals surface area contributed by atoms with Gasteiger partial charge in [0.2, 0.25) is 0 Å². The highest BCUT2D eigenvalue weighted by atomic mass is 19.3. The Bertz CT molecular complexity index is 840. The first kappa shape index (κ1) is 13.0. The smallest absolute Gasteiger partial charge is 0.294 e. The lowest BCUT2D eigenvalue weighted by Gasteiger charge is -2.02. The Balaban J connectivity index is 2.34. The molecule has 0 aliphatic rings. The normalized spacial score (nSPS) is 11.4. The summed E-state index contributed by atoms with van der Waals surface area (Å²) < 4.78 is 27.1. The third-order valence-corrected chi connectivity index (χ3v) is 2.95. The minimum absolute atomic E-state index is 0.0112. The van der Waals surface area contributed by atoms with E-state index in [1.54, 1.807) is 0 Å². The number of halogens is 2. The van der Waals surface area contributed by atoms with Crippen LogP contribution >= 0.6 is 0 Å². The number of nitrogens with two attached hydrogens (primary N) is 1. The Morgan fingerprint density at radius 3 is 2.76 bits per heavy atom. The van der Waals surface area contributed by atoms with Gasteiger partial charge in [-0.3, -0.25) is 15.2 Å². The predicted molar refractivity (Wildman–Crippen MR) is 69.2 cm³/mol. The zero-order valence-corrected chi connectivity index (χ0v) is 10.3. The highest BCUT2D eigenvalue weighted by Gasteiger charge is 2.26. The first-order valence-corrected chi connectivity index (χ1v) is 5.75. The molecule has 2 aromatic heterocycles. The number of alkyl halides is 2. The lowest BCUT2D eigenvalue weighted by Crippen LogP contribution is -2.03. The molecule has 2 heterocycles. The number of fused-ring (bicyclic) bond motifs is 1. The number of nitrogens with one attached hydrogen (secondary N) is 1. The van der Waals surface area contributed by atoms with Gasteiger partial charge in [0.15, 0.2) is 5.65 Å². The van der Waals surface area contributed by atoms with Crippen LogP contribution in [-0.4, -0.2) is 24.9 Å². The number of nitrogen functional groups attached to an aromatic ring is 1. The van der Waals surface area contributed by atoms with E-state index < -0.39 is 17.0 Å². The van der Waals surface area contributed by atoms with Crippen LogP contribution in [0.25, 0.3) is 16.7 Å². The van der Waals surface area contributed by atoms with Crippen LogP contribution in [-0.2, 0) is 0 Å². The molecular formula is C11H8F2N6O2. The van der Waals surface area contributed by atoms with Crippen LogP contribution < -0.4 is 5.73 Å². The van der Waals surface area contributed by atoms with Crippen molar-refractivity contribution < 1.29 is 13.7 Å². The van der Waals surface area contributed by atoms with Gasteiger partial charge in [0.25, 0.3) is 12.1 Å². The number of benzene rings is 1. The summed E-state index contributed by atoms with van der Waals surface area (Å²) in [5.74, 6) is -0.0647. The maximum absolute atomic E-state index is 13.0. The van der Waals surface area contributed by atoms with E-state index in [-0.39, 0.29) is 28.2 Å². The molecule has 0 radical (unpaired) electrons. The molecule has 0 saturated carbocycles. The van der Waals surface area contributed by atoms with Crippen molar-refractivity contribution in [1.29, 1.82) is 0 Å². The van der Waals surface area contributed by atoms with Crippen molar-refractivity contribution >= 4 is 22.5 Å². The van der Waals surface area contributed by atoms with Crippen LogP contribution in [0.3, 0.4) is 0 Å². The number of anilines is 1. The number of H-pyrrole nitrogens is 1. The Morgan fingerprint density at radius 1 is 1.38 bits per heavy atom. The molecule has 21 heavy (non-hydrogen) atoms. The first-order chi connectivity index (χ1) is 10.0. The summed E-state index contributed by atoms with van der Waals surface area (Å²) in [5, 5.41) is 20.9. The van der Waals surface area contributed by atoms with Gasteiger partial charge >= 0.3 is 0 Å². The summed E-state index contributed by atoms with van der Waals surface area (Å²) >= 11 is 0. The maximum atomic E-state index is 13.0. The van der Waals surface area contributed by atoms with Gasteiger partial charge in [0, 0.05) is 6.07 Å². The highest BCUT2D eigenvalue weighted by Crippen LogP contribution is 2.33. The average Bonchev–Trinajstić information content (AvgIpc) is 3.00. The highest BCUT2D eigenvalue weighted by molar-refractivity contribution is 5.90. The van der Waals surface area contributed by atoms with Gasteiger partial charge in [-0.15, -0.1) is 0 Å². The molecule has 0 aliphatic heterocycles. The van der Waals surface area contributed by atoms with E-state index in [0.29, 0.717) is 0 Å². The molecule has 8 nitrogen and oxygen atoms in total. The summed E-state index contributed by atoms with van der Waals surface area (Å²) in [6.07, 6.45) is -2.88. The summed E-state index contributed by atoms with van der Waals surface area (Å²) in [6.45, 7) is 0. The molecule has 0 fully saturated rings. The molecule has 108 valence electrons. The second-order valence-electron chi connectivity index (χ2n) is 4.18. The molecule has 0 unspecified atom stereocenters. The third kappa shape index (κ3) is 1.88. The standard InChI is InChI=1S/C11H8F2N6O2/c12-9(13)8-7-10(14)15-16-11(7)18(17-8)5-3-1-2-4-6(5)19(20)21/h1-4,9H,(H3,14,15,16). The number of aromatic amines is 1. The molecule has 0 spiro atoms. The first-order valence-electron chi connectivity index (χ1n) is 5.75. The number of nitrogens with zero attached hydrogens (tertiary/aromatic N) is 4. The quantitative estimate of drug-likeness (QED) is 0.567. The molecule has 0 saturated heterocycles. The van der Waals surface area contributed by atoms with Crippen molar-refractivity contribution in [3.63, 3.8) is 0 Å². The summed E-state index contributed by atoms with van der Waals surface area (Å²) in [7, 11) is 0. The fraction of sp³-hybridized carbons (Fsp3) is 0.0909. The van der Waals surface area contributed by atoms with E-state index in [0.717, 1.165) is 4.68 Å². The molecule has 0 amide bonds. The molecule has 10 heteroatoms. The fourth-order valence-corrected chi connectivity index (χ4v) is 2.07. The molecule has 0 bridgehead atoms. The number of hydrogen-bond donors (Lipinski definition) is 2. The van der Waals surface area contributed by atoms with Gasteiger partial charge in [-0.05, 0) is 6.07 Å². The molecule has 0 aliphatic carbocycles. The lowest BCUT2D eigenvalue weighted by atomic mass is 10.2. The Morgan fingerprint density at radius 2 is 2.10 bits per heavy atom. The molecular weight excluding hydrogens is 286 g/mol. The molecule has 1 aromatic carbocycles. The Hall–Kier alpha value is -3.04. The van der Waals surface area contributed by atoms with Gasteiger partial charge in [-0.1, -0.05) is 12.1 Å². The van der Waals surface area contributed by atoms with Crippen LogP contribution in [0.5, 0.6) is 0 Å². The third-order valence-electron chi connectivity index (χ3n) is 2.95. The van der Waals surface area contributed by atoms with Crippen molar-refractivity contribution in [2.75, 3.05) is 5.73 Å². The van der Waals surface area contributed by atoms with E-state index in [1.807, 2.05) is 0 Å². The van der Waals surface area contributed by atoms with Gasteiger partial charge in [0.1, 0.15) is 17.2 Å². The van der Waals surface area contributed by atoms with E-state index in [4.69, 9.17) is 5.73 Å². The topological polar surface area (TPSA) is 116 Å². The summed E-state index contributed by atoms with van der Waals surface area (Å²) in [4.78, 5) is 10.4. The minimum atomic E-state index is -2.88. The number of nitro groups is 1. The van der Waals surface area contributed by atoms with Crippen molar-refractivity contribution in [1.82, 2.24) is 20.0 Å². The average molecular weight is 294 g/mol. The van der Waals surface area contributed by atoms with Crippen LogP contribution in [0.2, 0.25) is 0 Å². The van der Waals surface area contributed by atoms with Gasteiger partial charge in [-0.25, -0.2) is 13.5 Å². The SMILES string of the molecule is Nc1[nH]nc2c1c(C(F)F)nn2-c1ccccc1[N+](=O)[O-]. The number of rotatable bonds is 3. The van der Waals surface area contributed by atoms with Gasteiger partial charge in [0.05, 0.1) is 10.3 Å². The number of para-hydroxylation sites is 2. The van der Waals surface area contributed by atoms with Crippen molar-refractivity contribution in [2.45, 2.75) is 6.43 Å². The number of hydrogen-bond acceptors (Lipinski definition) is 5. The summed E-state index contributed by atoms with van der Waals surface area (Å²) in [5.41, 5.74) is 4.76. The molecule has 3 rings (SSSR count). The number of aromatic nitrogens is 4. The van der Waals surface area contributed by atoms with E-state index in [2.05, 4.69) is 15.3 Å². The van der Waals surface area contributed by atoms with Crippen molar-refractivity contribution in [3.05, 3.63) is 40.1 Å². The Labute approximate surface area is 115 Å². The maximum Gasteiger partial charge on any atom is 0.294 e. The van der Waals surface area contributed by atoms with Gasteiger partial charge in [-0.2, -0.15) is 10.2 Å². The van der Waals surface area contributed by atoms with Crippen LogP contribution in [0, 0.1) is 10.1 Å². The van der Waals surface area contributed by atoms with Crippen molar-refractivity contribution in [3.8, 4) is 5.69 Å². The molecule has 3 aromatic rings. The van der Waals surface area contributed by atoms with E-state index in [9.17, 15) is 18.9 Å². The van der Waals surface area contributed by atoms with Crippen molar-refractivity contribution in [2.24, 2.45) is 0 Å². The van der Waals surface area contributed by atoms with Crippen LogP contribution in [0.4, 0.5) is 20.3 Å². The van der Waals surface area contributed by atoms with E-state index >= 15 is 0 Å². The predicted octanol–water partition coefficient (Wildman–Crippen LogP) is 2.18. The molecule has 0 atom stereocenters. The largest absolute Gasteiger partial charge is 0.383 e. The minimum Gasteiger partial charge on any atom is -0.383 e.